The summed E-state index contributed by atoms with van der Waals surface area (Å²) in [6, 6.07) is 6.92. The van der Waals surface area contributed by atoms with Gasteiger partial charge in [0.25, 0.3) is 0 Å². The molecule has 0 aliphatic rings. The fourth-order valence-electron chi connectivity index (χ4n) is 3.85. The van der Waals surface area contributed by atoms with Crippen LogP contribution in [0.1, 0.15) is 44.2 Å². The SMILES string of the molecule is CCCOc1cc(/C=C/C(=O)CC(=O)/C=C/c2cc(OCCC)c(OCCN)c(OCCN)c2)cc(OCCN)c1OCCN. The molecular formula is C33H48N4O8. The van der Waals surface area contributed by atoms with Gasteiger partial charge in [0.2, 0.25) is 11.5 Å². The first-order chi connectivity index (χ1) is 21.9. The highest BCUT2D eigenvalue weighted by Crippen LogP contribution is 2.40. The predicted molar refractivity (Wildman–Crippen MR) is 175 cm³/mol. The Bertz CT molecular complexity index is 1110. The maximum absolute atomic E-state index is 12.7. The minimum Gasteiger partial charge on any atom is -0.490 e. The molecule has 0 saturated heterocycles. The Morgan fingerprint density at radius 1 is 0.533 bits per heavy atom. The molecule has 0 atom stereocenters. The zero-order valence-electron chi connectivity index (χ0n) is 26.4. The summed E-state index contributed by atoms with van der Waals surface area (Å²) in [7, 11) is 0. The van der Waals surface area contributed by atoms with Crippen molar-refractivity contribution >= 4 is 23.7 Å². The van der Waals surface area contributed by atoms with Crippen molar-refractivity contribution in [1.82, 2.24) is 0 Å². The van der Waals surface area contributed by atoms with Crippen molar-refractivity contribution in [3.05, 3.63) is 47.5 Å². The third kappa shape index (κ3) is 13.2. The Hall–Kier alpha value is -4.10. The monoisotopic (exact) mass is 628 g/mol. The van der Waals surface area contributed by atoms with E-state index in [0.29, 0.717) is 85.0 Å². The molecule has 0 aromatic heterocycles. The molecule has 0 spiro atoms. The summed E-state index contributed by atoms with van der Waals surface area (Å²) in [4.78, 5) is 25.4. The lowest BCUT2D eigenvalue weighted by atomic mass is 10.1. The molecule has 45 heavy (non-hydrogen) atoms. The summed E-state index contributed by atoms with van der Waals surface area (Å²) < 4.78 is 34.9. The Balaban J connectivity index is 2.23. The van der Waals surface area contributed by atoms with Gasteiger partial charge in [0.05, 0.1) is 19.6 Å². The van der Waals surface area contributed by atoms with Crippen LogP contribution in [0.4, 0.5) is 0 Å². The fourth-order valence-corrected chi connectivity index (χ4v) is 3.85. The van der Waals surface area contributed by atoms with Gasteiger partial charge in [-0.3, -0.25) is 9.59 Å². The van der Waals surface area contributed by atoms with E-state index in [1.165, 1.54) is 12.2 Å². The lowest BCUT2D eigenvalue weighted by Crippen LogP contribution is -2.14. The van der Waals surface area contributed by atoms with Crippen molar-refractivity contribution in [2.24, 2.45) is 22.9 Å². The largest absolute Gasteiger partial charge is 0.490 e. The van der Waals surface area contributed by atoms with Gasteiger partial charge >= 0.3 is 0 Å². The molecule has 0 aliphatic heterocycles. The summed E-state index contributed by atoms with van der Waals surface area (Å²) >= 11 is 0. The van der Waals surface area contributed by atoms with Gasteiger partial charge in [-0.1, -0.05) is 26.0 Å². The second-order valence-corrected chi connectivity index (χ2v) is 9.71. The van der Waals surface area contributed by atoms with Crippen LogP contribution in [-0.2, 0) is 9.59 Å². The molecule has 0 bridgehead atoms. The van der Waals surface area contributed by atoms with Crippen LogP contribution in [0, 0.1) is 0 Å². The van der Waals surface area contributed by atoms with Crippen LogP contribution >= 0.6 is 0 Å². The van der Waals surface area contributed by atoms with Crippen LogP contribution in [0.25, 0.3) is 12.2 Å². The topological polar surface area (TPSA) is 194 Å². The Morgan fingerprint density at radius 3 is 1.16 bits per heavy atom. The number of hydrogen-bond acceptors (Lipinski definition) is 12. The van der Waals surface area contributed by atoms with E-state index in [2.05, 4.69) is 0 Å². The fraction of sp³-hybridized carbons (Fsp3) is 0.455. The number of ether oxygens (including phenoxy) is 6. The Labute approximate surface area is 265 Å². The predicted octanol–water partition coefficient (Wildman–Crippen LogP) is 2.87. The van der Waals surface area contributed by atoms with Gasteiger partial charge in [0.15, 0.2) is 34.6 Å². The highest BCUT2D eigenvalue weighted by atomic mass is 16.5. The number of rotatable bonds is 24. The van der Waals surface area contributed by atoms with Crippen molar-refractivity contribution in [3.8, 4) is 34.5 Å². The summed E-state index contributed by atoms with van der Waals surface area (Å²) in [5, 5.41) is 0. The average Bonchev–Trinajstić information content (AvgIpc) is 3.04. The van der Waals surface area contributed by atoms with E-state index >= 15 is 0 Å². The minimum absolute atomic E-state index is 0.259. The lowest BCUT2D eigenvalue weighted by Gasteiger charge is -2.17. The highest BCUT2D eigenvalue weighted by Gasteiger charge is 2.17. The summed E-state index contributed by atoms with van der Waals surface area (Å²) in [5.41, 5.74) is 23.8. The average molecular weight is 629 g/mol. The third-order valence-corrected chi connectivity index (χ3v) is 5.76. The molecule has 2 aromatic rings. The van der Waals surface area contributed by atoms with Crippen LogP contribution in [0.2, 0.25) is 0 Å². The zero-order valence-corrected chi connectivity index (χ0v) is 26.4. The number of carbonyl (C=O) groups excluding carboxylic acids is 2. The standard InChI is InChI=1S/C33H48N4O8/c1-3-13-40-28-19-24(21-30(42-15-9-34)32(28)44-17-11-36)5-7-26(38)23-27(39)8-6-25-20-29(41-14-4-2)33(45-18-12-37)31(22-25)43-16-10-35/h5-8,19-22H,3-4,9-18,23,34-37H2,1-2H3/b7-5+,8-6+. The zero-order chi connectivity index (χ0) is 32.9. The van der Waals surface area contributed by atoms with Crippen LogP contribution in [0.3, 0.4) is 0 Å². The van der Waals surface area contributed by atoms with Crippen molar-refractivity contribution in [2.45, 2.75) is 33.1 Å². The van der Waals surface area contributed by atoms with Crippen LogP contribution in [0.15, 0.2) is 36.4 Å². The van der Waals surface area contributed by atoms with Crippen LogP contribution < -0.4 is 51.4 Å². The van der Waals surface area contributed by atoms with Crippen molar-refractivity contribution < 1.29 is 38.0 Å². The van der Waals surface area contributed by atoms with E-state index in [4.69, 9.17) is 51.4 Å². The maximum Gasteiger partial charge on any atom is 0.203 e. The van der Waals surface area contributed by atoms with Gasteiger partial charge in [-0.2, -0.15) is 0 Å². The Kier molecular flexibility index (Phi) is 17.8. The molecule has 2 aromatic carbocycles. The van der Waals surface area contributed by atoms with Gasteiger partial charge in [-0.25, -0.2) is 0 Å². The summed E-state index contributed by atoms with van der Waals surface area (Å²) in [6.45, 7) is 7.18. The third-order valence-electron chi connectivity index (χ3n) is 5.76. The van der Waals surface area contributed by atoms with Gasteiger partial charge < -0.3 is 51.4 Å². The number of benzene rings is 2. The number of nitrogens with two attached hydrogens (primary N) is 4. The summed E-state index contributed by atoms with van der Waals surface area (Å²) in [5.74, 6) is 1.85. The molecule has 248 valence electrons. The maximum atomic E-state index is 12.7. The van der Waals surface area contributed by atoms with Gasteiger partial charge in [0, 0.05) is 26.2 Å². The van der Waals surface area contributed by atoms with Gasteiger partial charge in [0.1, 0.15) is 26.4 Å². The molecule has 0 amide bonds. The number of carbonyl (C=O) groups is 2. The first kappa shape index (κ1) is 37.1. The van der Waals surface area contributed by atoms with Crippen molar-refractivity contribution in [1.29, 1.82) is 0 Å². The normalized spacial score (nSPS) is 11.2. The molecule has 12 nitrogen and oxygen atoms in total. The first-order valence-corrected chi connectivity index (χ1v) is 15.3. The van der Waals surface area contributed by atoms with E-state index in [9.17, 15) is 9.59 Å². The van der Waals surface area contributed by atoms with Gasteiger partial charge in [-0.05, 0) is 60.4 Å². The van der Waals surface area contributed by atoms with E-state index in [1.54, 1.807) is 36.4 Å². The smallest absolute Gasteiger partial charge is 0.203 e. The quantitative estimate of drug-likeness (QED) is 0.0982. The van der Waals surface area contributed by atoms with E-state index in [1.807, 2.05) is 13.8 Å². The number of hydrogen-bond donors (Lipinski definition) is 4. The Morgan fingerprint density at radius 2 is 0.844 bits per heavy atom. The molecule has 12 heteroatoms. The van der Waals surface area contributed by atoms with Crippen molar-refractivity contribution in [3.63, 3.8) is 0 Å². The molecule has 8 N–H and O–H groups in total. The van der Waals surface area contributed by atoms with Crippen molar-refractivity contribution in [2.75, 3.05) is 65.8 Å². The molecule has 0 radical (unpaired) electrons. The summed E-state index contributed by atoms with van der Waals surface area (Å²) in [6.07, 6.45) is 7.12. The molecular weight excluding hydrogens is 580 g/mol. The van der Waals surface area contributed by atoms with E-state index < -0.39 is 0 Å². The molecule has 0 fully saturated rings. The molecule has 0 saturated carbocycles. The highest BCUT2D eigenvalue weighted by molar-refractivity contribution is 6.11. The molecule has 2 rings (SSSR count). The van der Waals surface area contributed by atoms with Gasteiger partial charge in [-0.15, -0.1) is 0 Å². The van der Waals surface area contributed by atoms with Crippen LogP contribution in [-0.4, -0.2) is 77.4 Å². The minimum atomic E-state index is -0.377. The second-order valence-electron chi connectivity index (χ2n) is 9.71. The molecule has 0 heterocycles. The first-order valence-electron chi connectivity index (χ1n) is 15.3. The number of allylic oxidation sites excluding steroid dienone is 2. The van der Waals surface area contributed by atoms with Crippen LogP contribution in [0.5, 0.6) is 34.5 Å². The van der Waals surface area contributed by atoms with E-state index in [-0.39, 0.29) is 44.4 Å². The molecule has 0 aliphatic carbocycles. The number of ketones is 2. The molecule has 0 unspecified atom stereocenters. The lowest BCUT2D eigenvalue weighted by molar-refractivity contribution is -0.121. The van der Waals surface area contributed by atoms with E-state index in [0.717, 1.165) is 12.8 Å². The second kappa shape index (κ2) is 21.6.